The SMILES string of the molecule is COCC(=O)N(CC(=O)Nc1nc(-c2ccc(OC)cc2)cn1-c1ccc(C)cc1)CC(C)C. The summed E-state index contributed by atoms with van der Waals surface area (Å²) in [6, 6.07) is 15.5. The number of aryl methyl sites for hydroxylation is 1. The molecule has 8 nitrogen and oxygen atoms in total. The van der Waals surface area contributed by atoms with Crippen molar-refractivity contribution in [3.05, 3.63) is 60.3 Å². The molecule has 0 aliphatic carbocycles. The van der Waals surface area contributed by atoms with Crippen molar-refractivity contribution in [1.29, 1.82) is 0 Å². The molecule has 3 aromatic rings. The van der Waals surface area contributed by atoms with Gasteiger partial charge in [-0.15, -0.1) is 0 Å². The Morgan fingerprint density at radius 1 is 1.06 bits per heavy atom. The van der Waals surface area contributed by atoms with Crippen LogP contribution in [0.3, 0.4) is 0 Å². The van der Waals surface area contributed by atoms with E-state index in [9.17, 15) is 9.59 Å². The maximum absolute atomic E-state index is 13.0. The second-order valence-corrected chi connectivity index (χ2v) is 8.53. The predicted octanol–water partition coefficient (Wildman–Crippen LogP) is 3.93. The maximum Gasteiger partial charge on any atom is 0.249 e. The van der Waals surface area contributed by atoms with Gasteiger partial charge in [0.25, 0.3) is 0 Å². The fraction of sp³-hybridized carbons (Fsp3) is 0.346. The van der Waals surface area contributed by atoms with Gasteiger partial charge in [-0.3, -0.25) is 19.5 Å². The Balaban J connectivity index is 1.90. The van der Waals surface area contributed by atoms with E-state index in [0.29, 0.717) is 18.2 Å². The standard InChI is InChI=1S/C26H32N4O4/c1-18(2)14-29(25(32)17-33-4)16-24(31)28-26-27-23(20-8-12-22(34-5)13-9-20)15-30(26)21-10-6-19(3)7-11-21/h6-13,15,18H,14,16-17H2,1-5H3,(H,27,28,31). The lowest BCUT2D eigenvalue weighted by molar-refractivity contribution is -0.138. The van der Waals surface area contributed by atoms with Gasteiger partial charge in [-0.25, -0.2) is 4.98 Å². The maximum atomic E-state index is 13.0. The highest BCUT2D eigenvalue weighted by Crippen LogP contribution is 2.26. The number of ether oxygens (including phenoxy) is 2. The van der Waals surface area contributed by atoms with E-state index in [1.165, 1.54) is 12.0 Å². The first-order valence-corrected chi connectivity index (χ1v) is 11.2. The van der Waals surface area contributed by atoms with Crippen molar-refractivity contribution in [2.75, 3.05) is 39.2 Å². The summed E-state index contributed by atoms with van der Waals surface area (Å²) in [5.74, 6) is 0.784. The first-order valence-electron chi connectivity index (χ1n) is 11.2. The molecule has 0 unspecified atom stereocenters. The molecule has 0 bridgehead atoms. The van der Waals surface area contributed by atoms with E-state index in [1.807, 2.05) is 80.1 Å². The smallest absolute Gasteiger partial charge is 0.249 e. The molecule has 34 heavy (non-hydrogen) atoms. The van der Waals surface area contributed by atoms with E-state index >= 15 is 0 Å². The fourth-order valence-electron chi connectivity index (χ4n) is 3.52. The number of anilines is 1. The van der Waals surface area contributed by atoms with Gasteiger partial charge in [-0.2, -0.15) is 0 Å². The van der Waals surface area contributed by atoms with Crippen LogP contribution in [0.1, 0.15) is 19.4 Å². The molecule has 0 aliphatic rings. The molecule has 0 atom stereocenters. The van der Waals surface area contributed by atoms with E-state index < -0.39 is 0 Å². The molecule has 0 radical (unpaired) electrons. The predicted molar refractivity (Wildman–Crippen MR) is 132 cm³/mol. The normalized spacial score (nSPS) is 10.9. The van der Waals surface area contributed by atoms with E-state index in [0.717, 1.165) is 22.6 Å². The van der Waals surface area contributed by atoms with Crippen molar-refractivity contribution in [2.45, 2.75) is 20.8 Å². The zero-order valence-electron chi connectivity index (χ0n) is 20.4. The van der Waals surface area contributed by atoms with Gasteiger partial charge in [0.1, 0.15) is 18.9 Å². The summed E-state index contributed by atoms with van der Waals surface area (Å²) < 4.78 is 12.1. The summed E-state index contributed by atoms with van der Waals surface area (Å²) >= 11 is 0. The highest BCUT2D eigenvalue weighted by molar-refractivity contribution is 5.94. The molecule has 0 saturated carbocycles. The number of nitrogens with zero attached hydrogens (tertiary/aromatic N) is 3. The summed E-state index contributed by atoms with van der Waals surface area (Å²) in [4.78, 5) is 31.6. The van der Waals surface area contributed by atoms with Crippen molar-refractivity contribution >= 4 is 17.8 Å². The molecule has 1 aromatic heterocycles. The van der Waals surface area contributed by atoms with Crippen molar-refractivity contribution in [3.8, 4) is 22.7 Å². The Morgan fingerprint density at radius 2 is 1.74 bits per heavy atom. The molecule has 1 N–H and O–H groups in total. The molecule has 2 amide bonds. The minimum atomic E-state index is -0.328. The Labute approximate surface area is 200 Å². The quantitative estimate of drug-likeness (QED) is 0.491. The van der Waals surface area contributed by atoms with Gasteiger partial charge in [-0.1, -0.05) is 31.5 Å². The zero-order valence-corrected chi connectivity index (χ0v) is 20.4. The van der Waals surface area contributed by atoms with E-state index in [1.54, 1.807) is 7.11 Å². The van der Waals surface area contributed by atoms with Gasteiger partial charge < -0.3 is 14.4 Å². The van der Waals surface area contributed by atoms with Gasteiger partial charge in [0.05, 0.1) is 12.8 Å². The topological polar surface area (TPSA) is 85.7 Å². The Morgan fingerprint density at radius 3 is 2.32 bits per heavy atom. The van der Waals surface area contributed by atoms with E-state index in [2.05, 4.69) is 10.3 Å². The third-order valence-electron chi connectivity index (χ3n) is 5.20. The van der Waals surface area contributed by atoms with Gasteiger partial charge in [0.15, 0.2) is 0 Å². The molecule has 8 heteroatoms. The largest absolute Gasteiger partial charge is 0.497 e. The lowest BCUT2D eigenvalue weighted by Gasteiger charge is -2.23. The lowest BCUT2D eigenvalue weighted by Crippen LogP contribution is -2.42. The van der Waals surface area contributed by atoms with Crippen LogP contribution < -0.4 is 10.1 Å². The molecule has 3 rings (SSSR count). The van der Waals surface area contributed by atoms with Crippen LogP contribution in [0.15, 0.2) is 54.7 Å². The van der Waals surface area contributed by atoms with Gasteiger partial charge in [-0.05, 0) is 49.2 Å². The number of methoxy groups -OCH3 is 2. The number of carbonyl (C=O) groups excluding carboxylic acids is 2. The summed E-state index contributed by atoms with van der Waals surface area (Å²) in [7, 11) is 3.08. The number of benzene rings is 2. The molecule has 1 heterocycles. The summed E-state index contributed by atoms with van der Waals surface area (Å²) in [5.41, 5.74) is 3.58. The number of hydrogen-bond acceptors (Lipinski definition) is 5. The van der Waals surface area contributed by atoms with Gasteiger partial charge >= 0.3 is 0 Å². The van der Waals surface area contributed by atoms with Crippen molar-refractivity contribution in [3.63, 3.8) is 0 Å². The fourth-order valence-corrected chi connectivity index (χ4v) is 3.52. The number of rotatable bonds is 10. The number of aromatic nitrogens is 2. The second kappa shape index (κ2) is 11.5. The van der Waals surface area contributed by atoms with Crippen LogP contribution >= 0.6 is 0 Å². The van der Waals surface area contributed by atoms with Crippen LogP contribution in [-0.4, -0.2) is 60.2 Å². The molecule has 0 fully saturated rings. The van der Waals surface area contributed by atoms with Gasteiger partial charge in [0, 0.05) is 31.1 Å². The monoisotopic (exact) mass is 464 g/mol. The molecule has 0 aliphatic heterocycles. The molecular weight excluding hydrogens is 432 g/mol. The molecule has 0 saturated heterocycles. The summed E-state index contributed by atoms with van der Waals surface area (Å²) in [6.07, 6.45) is 1.88. The second-order valence-electron chi connectivity index (χ2n) is 8.53. The van der Waals surface area contributed by atoms with Gasteiger partial charge in [0.2, 0.25) is 17.8 Å². The zero-order chi connectivity index (χ0) is 24.7. The lowest BCUT2D eigenvalue weighted by atomic mass is 10.1. The number of hydrogen-bond donors (Lipinski definition) is 1. The van der Waals surface area contributed by atoms with Crippen LogP contribution in [0.25, 0.3) is 16.9 Å². The first kappa shape index (κ1) is 25.0. The summed E-state index contributed by atoms with van der Waals surface area (Å²) in [5, 5.41) is 2.89. The molecular formula is C26H32N4O4. The van der Waals surface area contributed by atoms with Crippen LogP contribution in [0.5, 0.6) is 5.75 Å². The van der Waals surface area contributed by atoms with E-state index in [4.69, 9.17) is 9.47 Å². The van der Waals surface area contributed by atoms with E-state index in [-0.39, 0.29) is 30.9 Å². The number of amides is 2. The van der Waals surface area contributed by atoms with Crippen LogP contribution in [0.2, 0.25) is 0 Å². The van der Waals surface area contributed by atoms with Crippen molar-refractivity contribution in [2.24, 2.45) is 5.92 Å². The summed E-state index contributed by atoms with van der Waals surface area (Å²) in [6.45, 7) is 6.31. The minimum Gasteiger partial charge on any atom is -0.497 e. The highest BCUT2D eigenvalue weighted by atomic mass is 16.5. The van der Waals surface area contributed by atoms with Crippen molar-refractivity contribution < 1.29 is 19.1 Å². The third-order valence-corrected chi connectivity index (χ3v) is 5.20. The number of imidazole rings is 1. The Kier molecular flexibility index (Phi) is 8.43. The average Bonchev–Trinajstić information content (AvgIpc) is 3.22. The minimum absolute atomic E-state index is 0.0698. The number of nitrogens with one attached hydrogen (secondary N) is 1. The van der Waals surface area contributed by atoms with Crippen LogP contribution in [0, 0.1) is 12.8 Å². The Bertz CT molecular complexity index is 1100. The average molecular weight is 465 g/mol. The highest BCUT2D eigenvalue weighted by Gasteiger charge is 2.20. The number of carbonyl (C=O) groups is 2. The Hall–Kier alpha value is -3.65. The molecule has 180 valence electrons. The van der Waals surface area contributed by atoms with Crippen molar-refractivity contribution in [1.82, 2.24) is 14.5 Å². The van der Waals surface area contributed by atoms with Crippen LogP contribution in [0.4, 0.5) is 5.95 Å². The molecule has 0 spiro atoms. The third kappa shape index (κ3) is 6.45. The van der Waals surface area contributed by atoms with Crippen LogP contribution in [-0.2, 0) is 14.3 Å². The molecule has 2 aromatic carbocycles. The first-order chi connectivity index (χ1) is 16.3.